The van der Waals surface area contributed by atoms with Crippen LogP contribution < -0.4 is 0 Å². The molecule has 0 unspecified atom stereocenters. The van der Waals surface area contributed by atoms with Crippen LogP contribution >= 0.6 is 16.4 Å². The average Bonchev–Trinajstić information content (AvgIpc) is 1.87. The van der Waals surface area contributed by atoms with E-state index in [0.29, 0.717) is 0 Å². The van der Waals surface area contributed by atoms with Crippen LogP contribution in [-0.2, 0) is 13.6 Å². The van der Waals surface area contributed by atoms with E-state index in [2.05, 4.69) is 9.05 Å². The molecule has 0 heterocycles. The highest BCUT2D eigenvalue weighted by Crippen LogP contribution is 2.40. The summed E-state index contributed by atoms with van der Waals surface area (Å²) in [7, 11) is -4.07. The lowest BCUT2D eigenvalue weighted by atomic mass is 11.8. The van der Waals surface area contributed by atoms with Gasteiger partial charge in [-0.1, -0.05) is 0 Å². The molecule has 0 aliphatic rings. The SMILES string of the molecule is COP(=O)(O)OC.OP(O)O. The summed E-state index contributed by atoms with van der Waals surface area (Å²) in [6, 6.07) is 0. The first kappa shape index (κ1) is 14.0. The van der Waals surface area contributed by atoms with Crippen molar-refractivity contribution in [1.29, 1.82) is 0 Å². The molecule has 0 aromatic heterocycles. The van der Waals surface area contributed by atoms with Crippen molar-refractivity contribution in [3.63, 3.8) is 0 Å². The molecule has 0 rings (SSSR count). The molecule has 0 bridgehead atoms. The minimum Gasteiger partial charge on any atom is -0.328 e. The summed E-state index contributed by atoms with van der Waals surface area (Å²) in [6.07, 6.45) is 0. The Bertz CT molecular complexity index is 113. The van der Waals surface area contributed by atoms with Crippen molar-refractivity contribution >= 4 is 16.4 Å². The maximum absolute atomic E-state index is 10.1. The molecule has 0 aromatic carbocycles. The smallest absolute Gasteiger partial charge is 0.328 e. The maximum Gasteiger partial charge on any atom is 0.471 e. The number of phosphoric ester groups is 1. The van der Waals surface area contributed by atoms with E-state index in [1.807, 2.05) is 0 Å². The zero-order valence-corrected chi connectivity index (χ0v) is 7.70. The van der Waals surface area contributed by atoms with Crippen LogP contribution in [0.25, 0.3) is 0 Å². The summed E-state index contributed by atoms with van der Waals surface area (Å²) >= 11 is 0. The Morgan fingerprint density at radius 1 is 1.18 bits per heavy atom. The molecular weight excluding hydrogens is 198 g/mol. The minimum atomic E-state index is -3.65. The van der Waals surface area contributed by atoms with Crippen LogP contribution in [-0.4, -0.2) is 33.8 Å². The molecule has 0 aromatic rings. The van der Waals surface area contributed by atoms with Crippen molar-refractivity contribution in [2.24, 2.45) is 0 Å². The Labute approximate surface area is 64.8 Å². The van der Waals surface area contributed by atoms with Gasteiger partial charge < -0.3 is 19.6 Å². The second-order valence-electron chi connectivity index (χ2n) is 1.10. The summed E-state index contributed by atoms with van der Waals surface area (Å²) in [5.74, 6) is 0. The van der Waals surface area contributed by atoms with Crippen molar-refractivity contribution in [3.05, 3.63) is 0 Å². The van der Waals surface area contributed by atoms with E-state index in [0.717, 1.165) is 14.2 Å². The van der Waals surface area contributed by atoms with Gasteiger partial charge in [0.1, 0.15) is 0 Å². The first-order chi connectivity index (χ1) is 4.85. The predicted molar refractivity (Wildman–Crippen MR) is 37.4 cm³/mol. The summed E-state index contributed by atoms with van der Waals surface area (Å²) in [5.41, 5.74) is 0. The van der Waals surface area contributed by atoms with Gasteiger partial charge in [-0.15, -0.1) is 0 Å². The number of phosphoric acid groups is 1. The van der Waals surface area contributed by atoms with Crippen molar-refractivity contribution in [1.82, 2.24) is 0 Å². The second-order valence-corrected chi connectivity index (χ2v) is 3.31. The van der Waals surface area contributed by atoms with Gasteiger partial charge in [-0.3, -0.25) is 9.05 Å². The minimum absolute atomic E-state index is 1.10. The topological polar surface area (TPSA) is 116 Å². The van der Waals surface area contributed by atoms with E-state index >= 15 is 0 Å². The summed E-state index contributed by atoms with van der Waals surface area (Å²) in [5, 5.41) is 0. The Morgan fingerprint density at radius 2 is 1.36 bits per heavy atom. The van der Waals surface area contributed by atoms with Crippen LogP contribution in [0.15, 0.2) is 0 Å². The van der Waals surface area contributed by atoms with Gasteiger partial charge in [-0.25, -0.2) is 4.57 Å². The van der Waals surface area contributed by atoms with E-state index in [-0.39, 0.29) is 0 Å². The fourth-order valence-corrected chi connectivity index (χ4v) is 0.224. The van der Waals surface area contributed by atoms with Gasteiger partial charge in [-0.2, -0.15) is 0 Å². The number of hydrogen-bond acceptors (Lipinski definition) is 6. The monoisotopic (exact) mass is 208 g/mol. The molecule has 0 atom stereocenters. The molecule has 0 radical (unpaired) electrons. The quantitative estimate of drug-likeness (QED) is 0.455. The second kappa shape index (κ2) is 7.09. The standard InChI is InChI=1S/C2H7O4P.H3O3P/c1-5-7(3,4)6-2;1-4(2)3/h1-2H3,(H,3,4);1-3H. The zero-order chi connectivity index (χ0) is 9.49. The van der Waals surface area contributed by atoms with E-state index in [1.165, 1.54) is 0 Å². The Hall–Kier alpha value is 0.420. The van der Waals surface area contributed by atoms with Gasteiger partial charge >= 0.3 is 16.4 Å². The lowest BCUT2D eigenvalue weighted by Gasteiger charge is -2.01. The fourth-order valence-electron chi connectivity index (χ4n) is 0.0745. The Kier molecular flexibility index (Phi) is 9.01. The van der Waals surface area contributed by atoms with Crippen LogP contribution in [0.4, 0.5) is 0 Å². The van der Waals surface area contributed by atoms with Gasteiger partial charge in [0.2, 0.25) is 0 Å². The maximum atomic E-state index is 10.1. The van der Waals surface area contributed by atoms with Gasteiger partial charge in [0.25, 0.3) is 0 Å². The highest BCUT2D eigenvalue weighted by molar-refractivity contribution is 7.47. The lowest BCUT2D eigenvalue weighted by Crippen LogP contribution is -1.83. The molecule has 11 heavy (non-hydrogen) atoms. The highest BCUT2D eigenvalue weighted by atomic mass is 31.2. The van der Waals surface area contributed by atoms with E-state index in [4.69, 9.17) is 19.6 Å². The van der Waals surface area contributed by atoms with Crippen LogP contribution in [0.2, 0.25) is 0 Å². The van der Waals surface area contributed by atoms with Crippen LogP contribution in [0.3, 0.4) is 0 Å². The average molecular weight is 208 g/mol. The molecule has 0 aliphatic heterocycles. The van der Waals surface area contributed by atoms with Crippen LogP contribution in [0, 0.1) is 0 Å². The third-order valence-corrected chi connectivity index (χ3v) is 1.38. The number of hydrogen-bond donors (Lipinski definition) is 4. The zero-order valence-electron chi connectivity index (χ0n) is 5.91. The first-order valence-electron chi connectivity index (χ1n) is 2.16. The van der Waals surface area contributed by atoms with E-state index in [1.54, 1.807) is 0 Å². The van der Waals surface area contributed by atoms with E-state index < -0.39 is 16.4 Å². The van der Waals surface area contributed by atoms with Crippen molar-refractivity contribution in [2.75, 3.05) is 14.2 Å². The summed E-state index contributed by atoms with van der Waals surface area (Å²) in [4.78, 5) is 29.9. The molecule has 0 fully saturated rings. The van der Waals surface area contributed by atoms with Crippen LogP contribution in [0.1, 0.15) is 0 Å². The van der Waals surface area contributed by atoms with Crippen molar-refractivity contribution in [3.8, 4) is 0 Å². The molecule has 9 heteroatoms. The molecule has 0 amide bonds. The predicted octanol–water partition coefficient (Wildman–Crippen LogP) is -0.430. The van der Waals surface area contributed by atoms with Crippen molar-refractivity contribution < 1.29 is 33.2 Å². The van der Waals surface area contributed by atoms with Crippen molar-refractivity contribution in [2.45, 2.75) is 0 Å². The Balaban J connectivity index is 0. The Morgan fingerprint density at radius 3 is 1.36 bits per heavy atom. The van der Waals surface area contributed by atoms with Crippen LogP contribution in [0.5, 0.6) is 0 Å². The summed E-state index contributed by atoms with van der Waals surface area (Å²) in [6.45, 7) is 0. The molecule has 0 aliphatic carbocycles. The van der Waals surface area contributed by atoms with Gasteiger partial charge in [0.15, 0.2) is 0 Å². The molecule has 7 nitrogen and oxygen atoms in total. The largest absolute Gasteiger partial charge is 0.471 e. The third-order valence-electron chi connectivity index (χ3n) is 0.461. The third kappa shape index (κ3) is 17.9. The normalized spacial score (nSPS) is 10.8. The molecule has 0 saturated carbocycles. The van der Waals surface area contributed by atoms with E-state index in [9.17, 15) is 4.57 Å². The molecule has 0 spiro atoms. The highest BCUT2D eigenvalue weighted by Gasteiger charge is 2.13. The molecular formula is C2H10O7P2. The number of rotatable bonds is 2. The van der Waals surface area contributed by atoms with Gasteiger partial charge in [0.05, 0.1) is 0 Å². The van der Waals surface area contributed by atoms with Gasteiger partial charge in [-0.05, 0) is 0 Å². The fraction of sp³-hybridized carbons (Fsp3) is 1.00. The molecule has 70 valence electrons. The molecule has 0 saturated heterocycles. The van der Waals surface area contributed by atoms with Gasteiger partial charge in [0, 0.05) is 14.2 Å². The lowest BCUT2D eigenvalue weighted by molar-refractivity contribution is 0.204. The summed E-state index contributed by atoms with van der Waals surface area (Å²) < 4.78 is 18.0. The molecule has 4 N–H and O–H groups in total. The first-order valence-corrected chi connectivity index (χ1v) is 4.86.